The smallest absolute Gasteiger partial charge is 0.251 e. The van der Waals surface area contributed by atoms with E-state index in [0.29, 0.717) is 18.5 Å². The third-order valence-corrected chi connectivity index (χ3v) is 3.08. The van der Waals surface area contributed by atoms with Crippen LogP contribution >= 0.6 is 0 Å². The van der Waals surface area contributed by atoms with Crippen LogP contribution in [-0.2, 0) is 0 Å². The van der Waals surface area contributed by atoms with E-state index in [0.717, 1.165) is 19.3 Å². The molecule has 2 nitrogen and oxygen atoms in total. The van der Waals surface area contributed by atoms with Gasteiger partial charge in [0.15, 0.2) is 17.5 Å². The van der Waals surface area contributed by atoms with Gasteiger partial charge >= 0.3 is 0 Å². The van der Waals surface area contributed by atoms with E-state index >= 15 is 0 Å². The van der Waals surface area contributed by atoms with E-state index in [4.69, 9.17) is 0 Å². The Bertz CT molecular complexity index is 430. The predicted molar refractivity (Wildman–Crippen MR) is 63.9 cm³/mol. The van der Waals surface area contributed by atoms with Gasteiger partial charge in [-0.25, -0.2) is 8.78 Å². The zero-order valence-corrected chi connectivity index (χ0v) is 10.6. The van der Waals surface area contributed by atoms with E-state index in [1.807, 2.05) is 0 Å². The zero-order valence-electron chi connectivity index (χ0n) is 10.6. The van der Waals surface area contributed by atoms with Crippen LogP contribution in [0.5, 0.6) is 0 Å². The lowest BCUT2D eigenvalue weighted by molar-refractivity contribution is 0.460. The minimum atomic E-state index is -1.24. The van der Waals surface area contributed by atoms with Crippen molar-refractivity contribution in [1.29, 1.82) is 0 Å². The molecule has 0 unspecified atom stereocenters. The number of aromatic nitrogens is 1. The Hall–Kier alpha value is -1.26. The van der Waals surface area contributed by atoms with Crippen LogP contribution in [0.4, 0.5) is 19.0 Å². The van der Waals surface area contributed by atoms with Gasteiger partial charge in [-0.1, -0.05) is 13.8 Å². The molecule has 0 aromatic carbocycles. The number of pyridine rings is 1. The molecule has 1 aromatic rings. The summed E-state index contributed by atoms with van der Waals surface area (Å²) in [5.41, 5.74) is 0. The summed E-state index contributed by atoms with van der Waals surface area (Å²) in [4.78, 5) is 5.18. The second kappa shape index (κ2) is 5.16. The summed E-state index contributed by atoms with van der Waals surface area (Å²) in [6.07, 6.45) is 2.78. The van der Waals surface area contributed by atoms with Crippen molar-refractivity contribution >= 4 is 5.82 Å². The summed E-state index contributed by atoms with van der Waals surface area (Å²) in [5, 5.41) is 0. The molecule has 5 heteroatoms. The molecule has 2 rings (SSSR count). The first-order valence-corrected chi connectivity index (χ1v) is 6.27. The molecule has 1 aromatic heterocycles. The Balaban J connectivity index is 2.22. The molecule has 1 heterocycles. The third kappa shape index (κ3) is 2.94. The summed E-state index contributed by atoms with van der Waals surface area (Å²) in [7, 11) is 0. The number of hydrogen-bond acceptors (Lipinski definition) is 2. The number of rotatable bonds is 5. The molecular weight excluding hydrogens is 241 g/mol. The average molecular weight is 258 g/mol. The molecule has 0 aliphatic heterocycles. The van der Waals surface area contributed by atoms with Crippen LogP contribution < -0.4 is 4.90 Å². The van der Waals surface area contributed by atoms with Crippen LogP contribution in [0.15, 0.2) is 6.07 Å². The van der Waals surface area contributed by atoms with E-state index in [-0.39, 0.29) is 11.9 Å². The van der Waals surface area contributed by atoms with E-state index in [1.54, 1.807) is 4.90 Å². The van der Waals surface area contributed by atoms with Crippen LogP contribution in [0.1, 0.15) is 33.1 Å². The van der Waals surface area contributed by atoms with Gasteiger partial charge in [0.2, 0.25) is 0 Å². The van der Waals surface area contributed by atoms with Crippen LogP contribution in [0.25, 0.3) is 0 Å². The monoisotopic (exact) mass is 258 g/mol. The Kier molecular flexibility index (Phi) is 3.78. The molecule has 18 heavy (non-hydrogen) atoms. The lowest BCUT2D eigenvalue weighted by Crippen LogP contribution is -2.30. The Morgan fingerprint density at radius 1 is 1.28 bits per heavy atom. The van der Waals surface area contributed by atoms with Crippen LogP contribution in [0.2, 0.25) is 0 Å². The minimum absolute atomic E-state index is 0.0583. The molecule has 0 saturated heterocycles. The van der Waals surface area contributed by atoms with Crippen LogP contribution in [0.3, 0.4) is 0 Å². The Morgan fingerprint density at radius 2 is 1.94 bits per heavy atom. The van der Waals surface area contributed by atoms with Crippen LogP contribution in [-0.4, -0.2) is 17.6 Å². The van der Waals surface area contributed by atoms with Crippen molar-refractivity contribution in [1.82, 2.24) is 4.98 Å². The fraction of sp³-hybridized carbons (Fsp3) is 0.615. The van der Waals surface area contributed by atoms with Gasteiger partial charge in [-0.05, 0) is 25.2 Å². The SMILES string of the molecule is CC(C)CCN(c1nc(F)c(F)cc1F)C1CC1. The first-order chi connectivity index (χ1) is 8.49. The number of anilines is 1. The lowest BCUT2D eigenvalue weighted by Gasteiger charge is -2.24. The second-order valence-corrected chi connectivity index (χ2v) is 5.17. The molecule has 0 radical (unpaired) electrons. The van der Waals surface area contributed by atoms with Gasteiger partial charge in [0.1, 0.15) is 0 Å². The van der Waals surface area contributed by atoms with Crippen molar-refractivity contribution in [3.63, 3.8) is 0 Å². The Morgan fingerprint density at radius 3 is 2.50 bits per heavy atom. The topological polar surface area (TPSA) is 16.1 Å². The maximum absolute atomic E-state index is 13.7. The second-order valence-electron chi connectivity index (χ2n) is 5.17. The van der Waals surface area contributed by atoms with Gasteiger partial charge < -0.3 is 4.90 Å². The van der Waals surface area contributed by atoms with Crippen molar-refractivity contribution in [2.75, 3.05) is 11.4 Å². The highest BCUT2D eigenvalue weighted by Crippen LogP contribution is 2.32. The molecular formula is C13H17F3N2. The molecule has 1 fully saturated rings. The largest absolute Gasteiger partial charge is 0.351 e. The number of nitrogens with zero attached hydrogens (tertiary/aromatic N) is 2. The van der Waals surface area contributed by atoms with Gasteiger partial charge in [-0.2, -0.15) is 9.37 Å². The molecule has 0 atom stereocenters. The summed E-state index contributed by atoms with van der Waals surface area (Å²) in [6.45, 7) is 4.76. The minimum Gasteiger partial charge on any atom is -0.351 e. The molecule has 100 valence electrons. The highest BCUT2D eigenvalue weighted by molar-refractivity contribution is 5.43. The zero-order chi connectivity index (χ0) is 13.3. The number of halogens is 3. The van der Waals surface area contributed by atoms with Gasteiger partial charge in [-0.3, -0.25) is 0 Å². The van der Waals surface area contributed by atoms with E-state index in [1.165, 1.54) is 0 Å². The summed E-state index contributed by atoms with van der Waals surface area (Å²) >= 11 is 0. The Labute approximate surface area is 105 Å². The van der Waals surface area contributed by atoms with E-state index in [9.17, 15) is 13.2 Å². The van der Waals surface area contributed by atoms with Crippen molar-refractivity contribution in [2.45, 2.75) is 39.2 Å². The lowest BCUT2D eigenvalue weighted by atomic mass is 10.1. The summed E-state index contributed by atoms with van der Waals surface area (Å²) < 4.78 is 39.7. The summed E-state index contributed by atoms with van der Waals surface area (Å²) in [5.74, 6) is -2.85. The average Bonchev–Trinajstić information content (AvgIpc) is 3.09. The maximum Gasteiger partial charge on any atom is 0.251 e. The first kappa shape index (κ1) is 13.2. The molecule has 0 amide bonds. The quantitative estimate of drug-likeness (QED) is 0.751. The third-order valence-electron chi connectivity index (χ3n) is 3.08. The highest BCUT2D eigenvalue weighted by Gasteiger charge is 2.32. The number of hydrogen-bond donors (Lipinski definition) is 0. The van der Waals surface area contributed by atoms with Gasteiger partial charge in [0.05, 0.1) is 0 Å². The van der Waals surface area contributed by atoms with Gasteiger partial charge in [0.25, 0.3) is 5.95 Å². The van der Waals surface area contributed by atoms with Gasteiger partial charge in [0, 0.05) is 18.7 Å². The molecule has 1 aliphatic carbocycles. The molecule has 1 aliphatic rings. The predicted octanol–water partition coefficient (Wildman–Crippen LogP) is 3.51. The fourth-order valence-electron chi connectivity index (χ4n) is 1.88. The van der Waals surface area contributed by atoms with Crippen molar-refractivity contribution in [2.24, 2.45) is 5.92 Å². The van der Waals surface area contributed by atoms with Crippen molar-refractivity contribution in [3.8, 4) is 0 Å². The van der Waals surface area contributed by atoms with Crippen molar-refractivity contribution in [3.05, 3.63) is 23.6 Å². The van der Waals surface area contributed by atoms with Gasteiger partial charge in [-0.15, -0.1) is 0 Å². The van der Waals surface area contributed by atoms with E-state index in [2.05, 4.69) is 18.8 Å². The highest BCUT2D eigenvalue weighted by atomic mass is 19.2. The first-order valence-electron chi connectivity index (χ1n) is 6.27. The molecule has 0 spiro atoms. The van der Waals surface area contributed by atoms with E-state index < -0.39 is 17.6 Å². The summed E-state index contributed by atoms with van der Waals surface area (Å²) in [6, 6.07) is 0.790. The molecule has 0 bridgehead atoms. The normalized spacial score (nSPS) is 15.2. The van der Waals surface area contributed by atoms with Crippen LogP contribution in [0, 0.1) is 23.5 Å². The fourth-order valence-corrected chi connectivity index (χ4v) is 1.88. The van der Waals surface area contributed by atoms with Crippen molar-refractivity contribution < 1.29 is 13.2 Å². The standard InChI is InChI=1S/C13H17F3N2/c1-8(2)5-6-18(9-3-4-9)13-11(15)7-10(14)12(16)17-13/h7-9H,3-6H2,1-2H3. The molecule has 0 N–H and O–H groups in total. The molecule has 1 saturated carbocycles. The maximum atomic E-state index is 13.7.